The Bertz CT molecular complexity index is 1480. The summed E-state index contributed by atoms with van der Waals surface area (Å²) < 4.78 is 11.6. The molecule has 9 nitrogen and oxygen atoms in total. The van der Waals surface area contributed by atoms with E-state index in [1.165, 1.54) is 13.2 Å². The zero-order valence-electron chi connectivity index (χ0n) is 20.1. The lowest BCUT2D eigenvalue weighted by molar-refractivity contribution is -0.127. The molecule has 1 amide bonds. The standard InChI is InChI=1S/C26H26ClN5O4/c1-5-21(33)32(3)15(2)14-36-20-13-28-11-9-16(20)23-24(22-18(30-23)10-12-29-26(22)34)31-19-8-6-7-17(27)25(19)35-4/h5-13,15,30-31H,1,14H2,2-4H3,(H,29,34). The first-order valence-corrected chi connectivity index (χ1v) is 11.5. The van der Waals surface area contributed by atoms with E-state index in [9.17, 15) is 9.59 Å². The number of H-pyrrole nitrogens is 2. The van der Waals surface area contributed by atoms with E-state index >= 15 is 0 Å². The number of pyridine rings is 2. The van der Waals surface area contributed by atoms with Gasteiger partial charge in [0.25, 0.3) is 5.56 Å². The van der Waals surface area contributed by atoms with Crippen LogP contribution in [0, 0.1) is 0 Å². The Labute approximate surface area is 212 Å². The maximum absolute atomic E-state index is 12.9. The van der Waals surface area contributed by atoms with E-state index in [4.69, 9.17) is 21.1 Å². The number of benzene rings is 1. The summed E-state index contributed by atoms with van der Waals surface area (Å²) in [5.41, 5.74) is 2.76. The van der Waals surface area contributed by atoms with Crippen molar-refractivity contribution in [2.45, 2.75) is 13.0 Å². The number of ether oxygens (including phenoxy) is 2. The number of nitrogens with one attached hydrogen (secondary N) is 3. The minimum Gasteiger partial charge on any atom is -0.493 e. The van der Waals surface area contributed by atoms with Gasteiger partial charge >= 0.3 is 0 Å². The topological polar surface area (TPSA) is 112 Å². The van der Waals surface area contributed by atoms with Crippen LogP contribution in [0.25, 0.3) is 22.2 Å². The second kappa shape index (κ2) is 10.6. The number of carbonyl (C=O) groups is 1. The van der Waals surface area contributed by atoms with Crippen molar-refractivity contribution in [2.24, 2.45) is 0 Å². The van der Waals surface area contributed by atoms with Gasteiger partial charge in [0.1, 0.15) is 12.4 Å². The highest BCUT2D eigenvalue weighted by molar-refractivity contribution is 6.32. The predicted octanol–water partition coefficient (Wildman–Crippen LogP) is 4.74. The molecule has 10 heteroatoms. The van der Waals surface area contributed by atoms with E-state index in [-0.39, 0.29) is 24.1 Å². The van der Waals surface area contributed by atoms with Crippen LogP contribution in [-0.4, -0.2) is 52.6 Å². The molecule has 0 saturated heterocycles. The second-order valence-corrected chi connectivity index (χ2v) is 8.51. The molecule has 4 aromatic rings. The molecule has 36 heavy (non-hydrogen) atoms. The SMILES string of the molecule is C=CC(=O)N(C)C(C)COc1cnccc1-c1[nH]c2cc[nH]c(=O)c2c1Nc1cccc(Cl)c1OC. The molecule has 0 aliphatic carbocycles. The van der Waals surface area contributed by atoms with Crippen LogP contribution in [0.4, 0.5) is 11.4 Å². The number of aromatic amines is 2. The van der Waals surface area contributed by atoms with E-state index in [2.05, 4.69) is 26.8 Å². The zero-order chi connectivity index (χ0) is 25.8. The Morgan fingerprint density at radius 3 is 2.89 bits per heavy atom. The van der Waals surface area contributed by atoms with Gasteiger partial charge in [0.05, 0.1) is 52.3 Å². The third-order valence-electron chi connectivity index (χ3n) is 5.87. The molecule has 1 atom stereocenters. The number of methoxy groups -OCH3 is 1. The van der Waals surface area contributed by atoms with Gasteiger partial charge in [0, 0.05) is 25.0 Å². The minimum absolute atomic E-state index is 0.200. The number of para-hydroxylation sites is 1. The van der Waals surface area contributed by atoms with Crippen LogP contribution in [0.2, 0.25) is 5.02 Å². The summed E-state index contributed by atoms with van der Waals surface area (Å²) in [5.74, 6) is 0.726. The molecule has 3 N–H and O–H groups in total. The molecule has 1 unspecified atom stereocenters. The lowest BCUT2D eigenvalue weighted by atomic mass is 10.1. The predicted molar refractivity (Wildman–Crippen MR) is 141 cm³/mol. The van der Waals surface area contributed by atoms with Gasteiger partial charge < -0.3 is 29.7 Å². The molecule has 0 aliphatic heterocycles. The molecule has 0 saturated carbocycles. The maximum atomic E-state index is 12.9. The van der Waals surface area contributed by atoms with Gasteiger partial charge in [-0.2, -0.15) is 0 Å². The van der Waals surface area contributed by atoms with Crippen molar-refractivity contribution in [3.8, 4) is 22.8 Å². The number of amides is 1. The van der Waals surface area contributed by atoms with Crippen LogP contribution in [0.5, 0.6) is 11.5 Å². The second-order valence-electron chi connectivity index (χ2n) is 8.10. The molecule has 1 aromatic carbocycles. The fourth-order valence-corrected chi connectivity index (χ4v) is 4.07. The van der Waals surface area contributed by atoms with Gasteiger partial charge in [-0.25, -0.2) is 0 Å². The van der Waals surface area contributed by atoms with Gasteiger partial charge in [-0.05, 0) is 37.3 Å². The highest BCUT2D eigenvalue weighted by Crippen LogP contribution is 2.42. The highest BCUT2D eigenvalue weighted by atomic mass is 35.5. The van der Waals surface area contributed by atoms with Gasteiger partial charge in [-0.1, -0.05) is 24.2 Å². The van der Waals surface area contributed by atoms with Crippen LogP contribution >= 0.6 is 11.6 Å². The third-order valence-corrected chi connectivity index (χ3v) is 6.17. The molecule has 0 aliphatic rings. The average molecular weight is 508 g/mol. The summed E-state index contributed by atoms with van der Waals surface area (Å²) in [6, 6.07) is 8.66. The number of hydrogen-bond donors (Lipinski definition) is 3. The molecule has 3 aromatic heterocycles. The summed E-state index contributed by atoms with van der Waals surface area (Å²) in [7, 11) is 3.21. The van der Waals surface area contributed by atoms with Crippen LogP contribution in [0.3, 0.4) is 0 Å². The lowest BCUT2D eigenvalue weighted by Gasteiger charge is -2.24. The maximum Gasteiger partial charge on any atom is 0.259 e. The van der Waals surface area contributed by atoms with Crippen molar-refractivity contribution in [1.29, 1.82) is 0 Å². The summed E-state index contributed by atoms with van der Waals surface area (Å²) in [4.78, 5) is 36.6. The zero-order valence-corrected chi connectivity index (χ0v) is 20.8. The Morgan fingerprint density at radius 2 is 2.14 bits per heavy atom. The molecule has 4 rings (SSSR count). The molecule has 0 radical (unpaired) electrons. The number of hydrogen-bond acceptors (Lipinski definition) is 6. The van der Waals surface area contributed by atoms with E-state index in [1.807, 2.05) is 13.0 Å². The number of halogens is 1. The monoisotopic (exact) mass is 507 g/mol. The van der Waals surface area contributed by atoms with Crippen LogP contribution < -0.4 is 20.3 Å². The van der Waals surface area contributed by atoms with E-state index in [1.54, 1.807) is 54.8 Å². The molecule has 0 fully saturated rings. The minimum atomic E-state index is -0.270. The van der Waals surface area contributed by atoms with Gasteiger partial charge in [-0.3, -0.25) is 14.6 Å². The summed E-state index contributed by atoms with van der Waals surface area (Å²) in [6.45, 7) is 5.62. The van der Waals surface area contributed by atoms with E-state index in [0.717, 1.165) is 0 Å². The first-order valence-electron chi connectivity index (χ1n) is 11.1. The molecule has 3 heterocycles. The summed E-state index contributed by atoms with van der Waals surface area (Å²) in [5, 5.41) is 4.19. The first-order chi connectivity index (χ1) is 17.3. The fraction of sp³-hybridized carbons (Fsp3) is 0.192. The van der Waals surface area contributed by atoms with E-state index < -0.39 is 0 Å². The van der Waals surface area contributed by atoms with Crippen LogP contribution in [0.15, 0.2) is 66.4 Å². The van der Waals surface area contributed by atoms with E-state index in [0.29, 0.717) is 50.1 Å². The average Bonchev–Trinajstić information content (AvgIpc) is 3.25. The Kier molecular flexibility index (Phi) is 7.30. The number of anilines is 2. The van der Waals surface area contributed by atoms with Crippen molar-refractivity contribution >= 4 is 39.8 Å². The van der Waals surface area contributed by atoms with Crippen LogP contribution in [-0.2, 0) is 4.79 Å². The smallest absolute Gasteiger partial charge is 0.259 e. The van der Waals surface area contributed by atoms with Crippen molar-refractivity contribution in [3.05, 3.63) is 77.0 Å². The largest absolute Gasteiger partial charge is 0.493 e. The molecule has 0 spiro atoms. The normalized spacial score (nSPS) is 11.7. The first kappa shape index (κ1) is 24.9. The Balaban J connectivity index is 1.79. The number of aromatic nitrogens is 3. The molecule has 186 valence electrons. The number of rotatable bonds is 9. The van der Waals surface area contributed by atoms with Crippen molar-refractivity contribution in [1.82, 2.24) is 19.9 Å². The van der Waals surface area contributed by atoms with Gasteiger partial charge in [0.2, 0.25) is 5.91 Å². The molecular formula is C26H26ClN5O4. The number of likely N-dealkylation sites (N-methyl/N-ethyl adjacent to an activating group) is 1. The quantitative estimate of drug-likeness (QED) is 0.282. The van der Waals surface area contributed by atoms with Crippen molar-refractivity contribution in [3.63, 3.8) is 0 Å². The lowest BCUT2D eigenvalue weighted by Crippen LogP contribution is -2.37. The number of nitrogens with zero attached hydrogens (tertiary/aromatic N) is 2. The Morgan fingerprint density at radius 1 is 1.33 bits per heavy atom. The fourth-order valence-electron chi connectivity index (χ4n) is 3.81. The molecular weight excluding hydrogens is 482 g/mol. The van der Waals surface area contributed by atoms with Crippen LogP contribution in [0.1, 0.15) is 6.92 Å². The van der Waals surface area contributed by atoms with Crippen molar-refractivity contribution < 1.29 is 14.3 Å². The van der Waals surface area contributed by atoms with Gasteiger partial charge in [-0.15, -0.1) is 0 Å². The van der Waals surface area contributed by atoms with Crippen molar-refractivity contribution in [2.75, 3.05) is 26.1 Å². The summed E-state index contributed by atoms with van der Waals surface area (Å²) in [6.07, 6.45) is 6.07. The highest BCUT2D eigenvalue weighted by Gasteiger charge is 2.22. The number of carbonyl (C=O) groups excluding carboxylic acids is 1. The van der Waals surface area contributed by atoms with Gasteiger partial charge in [0.15, 0.2) is 5.75 Å². The summed E-state index contributed by atoms with van der Waals surface area (Å²) >= 11 is 6.33. The Hall–Kier alpha value is -4.24. The molecule has 0 bridgehead atoms. The number of fused-ring (bicyclic) bond motifs is 1. The third kappa shape index (κ3) is 4.78.